The van der Waals surface area contributed by atoms with E-state index in [1.165, 1.54) is 21.8 Å². The first kappa shape index (κ1) is 10.2. The van der Waals surface area contributed by atoms with Gasteiger partial charge >= 0.3 is 0 Å². The van der Waals surface area contributed by atoms with Crippen LogP contribution >= 0.6 is 0 Å². The monoisotopic (exact) mass is 225 g/mol. The molecule has 0 fully saturated rings. The number of nitrogens with zero attached hydrogens (tertiary/aromatic N) is 1. The molecular formula is C15H15NO. The van der Waals surface area contributed by atoms with Gasteiger partial charge < -0.3 is 9.30 Å². The van der Waals surface area contributed by atoms with Crippen LogP contribution in [0.1, 0.15) is 6.92 Å². The topological polar surface area (TPSA) is 14.2 Å². The molecule has 3 aromatic rings. The molecule has 0 radical (unpaired) electrons. The lowest BCUT2D eigenvalue weighted by molar-refractivity contribution is 0.340. The summed E-state index contributed by atoms with van der Waals surface area (Å²) in [6.45, 7) is 2.71. The fraction of sp³-hybridized carbons (Fsp3) is 0.200. The van der Waals surface area contributed by atoms with Crippen LogP contribution in [0.3, 0.4) is 0 Å². The van der Waals surface area contributed by atoms with E-state index in [1.807, 2.05) is 13.0 Å². The molecule has 0 aliphatic carbocycles. The number of aromatic nitrogens is 1. The Morgan fingerprint density at radius 2 is 1.76 bits per heavy atom. The molecule has 0 atom stereocenters. The third-order valence-corrected chi connectivity index (χ3v) is 3.20. The summed E-state index contributed by atoms with van der Waals surface area (Å²) in [5.41, 5.74) is 2.48. The van der Waals surface area contributed by atoms with E-state index in [4.69, 9.17) is 4.74 Å². The van der Waals surface area contributed by atoms with Gasteiger partial charge in [-0.2, -0.15) is 0 Å². The predicted molar refractivity (Wildman–Crippen MR) is 71.6 cm³/mol. The molecule has 1 heterocycles. The van der Waals surface area contributed by atoms with Crippen LogP contribution in [0.5, 0.6) is 5.75 Å². The minimum atomic E-state index is 0.704. The summed E-state index contributed by atoms with van der Waals surface area (Å²) in [6.07, 6.45) is 0. The van der Waals surface area contributed by atoms with Crippen molar-refractivity contribution in [3.63, 3.8) is 0 Å². The van der Waals surface area contributed by atoms with Crippen molar-refractivity contribution in [2.24, 2.45) is 7.05 Å². The van der Waals surface area contributed by atoms with Crippen LogP contribution in [0.25, 0.3) is 21.8 Å². The van der Waals surface area contributed by atoms with Gasteiger partial charge in [0, 0.05) is 29.4 Å². The zero-order chi connectivity index (χ0) is 11.8. The Kier molecular flexibility index (Phi) is 2.29. The molecule has 3 rings (SSSR count). The highest BCUT2D eigenvalue weighted by Gasteiger charge is 2.07. The molecule has 2 aromatic carbocycles. The fourth-order valence-electron chi connectivity index (χ4n) is 2.40. The first-order valence-corrected chi connectivity index (χ1v) is 5.91. The van der Waals surface area contributed by atoms with Gasteiger partial charge in [-0.05, 0) is 25.1 Å². The average molecular weight is 225 g/mol. The van der Waals surface area contributed by atoms with E-state index in [0.29, 0.717) is 6.61 Å². The number of ether oxygens (including phenoxy) is 1. The fourth-order valence-corrected chi connectivity index (χ4v) is 2.40. The third-order valence-electron chi connectivity index (χ3n) is 3.20. The highest BCUT2D eigenvalue weighted by atomic mass is 16.5. The zero-order valence-corrected chi connectivity index (χ0v) is 10.1. The summed E-state index contributed by atoms with van der Waals surface area (Å²) in [4.78, 5) is 0. The Labute approximate surface area is 100 Å². The Morgan fingerprint density at radius 3 is 2.59 bits per heavy atom. The zero-order valence-electron chi connectivity index (χ0n) is 10.1. The summed E-state index contributed by atoms with van der Waals surface area (Å²) < 4.78 is 7.77. The summed E-state index contributed by atoms with van der Waals surface area (Å²) in [5.74, 6) is 0.936. The van der Waals surface area contributed by atoms with Crippen LogP contribution in [0, 0.1) is 0 Å². The lowest BCUT2D eigenvalue weighted by Crippen LogP contribution is -1.92. The van der Waals surface area contributed by atoms with Gasteiger partial charge in [0.15, 0.2) is 0 Å². The van der Waals surface area contributed by atoms with Crippen LogP contribution in [0.2, 0.25) is 0 Å². The van der Waals surface area contributed by atoms with E-state index in [2.05, 4.69) is 48.0 Å². The minimum absolute atomic E-state index is 0.704. The second-order valence-electron chi connectivity index (χ2n) is 4.19. The van der Waals surface area contributed by atoms with Crippen LogP contribution in [0.15, 0.2) is 42.5 Å². The maximum Gasteiger partial charge on any atom is 0.121 e. The van der Waals surface area contributed by atoms with Crippen molar-refractivity contribution >= 4 is 21.8 Å². The van der Waals surface area contributed by atoms with Crippen molar-refractivity contribution in [3.05, 3.63) is 42.5 Å². The molecule has 0 aliphatic heterocycles. The van der Waals surface area contributed by atoms with Gasteiger partial charge in [0.25, 0.3) is 0 Å². The first-order chi connectivity index (χ1) is 8.31. The molecule has 86 valence electrons. The van der Waals surface area contributed by atoms with E-state index >= 15 is 0 Å². The van der Waals surface area contributed by atoms with Gasteiger partial charge in [0.2, 0.25) is 0 Å². The number of hydrogen-bond donors (Lipinski definition) is 0. The minimum Gasteiger partial charge on any atom is -0.494 e. The van der Waals surface area contributed by atoms with Crippen LogP contribution in [0.4, 0.5) is 0 Å². The molecule has 17 heavy (non-hydrogen) atoms. The van der Waals surface area contributed by atoms with Crippen LogP contribution in [-0.4, -0.2) is 11.2 Å². The van der Waals surface area contributed by atoms with E-state index in [-0.39, 0.29) is 0 Å². The van der Waals surface area contributed by atoms with Crippen LogP contribution < -0.4 is 4.74 Å². The number of fused-ring (bicyclic) bond motifs is 3. The van der Waals surface area contributed by atoms with Gasteiger partial charge in [-0.25, -0.2) is 0 Å². The van der Waals surface area contributed by atoms with Crippen molar-refractivity contribution < 1.29 is 4.74 Å². The molecule has 2 heteroatoms. The second-order valence-corrected chi connectivity index (χ2v) is 4.19. The molecular weight excluding hydrogens is 210 g/mol. The van der Waals surface area contributed by atoms with Gasteiger partial charge in [-0.15, -0.1) is 0 Å². The van der Waals surface area contributed by atoms with E-state index in [0.717, 1.165) is 5.75 Å². The molecule has 2 nitrogen and oxygen atoms in total. The summed E-state index contributed by atoms with van der Waals surface area (Å²) >= 11 is 0. The molecule has 0 saturated heterocycles. The summed E-state index contributed by atoms with van der Waals surface area (Å²) in [5, 5.41) is 2.58. The Morgan fingerprint density at radius 1 is 1.00 bits per heavy atom. The van der Waals surface area contributed by atoms with Gasteiger partial charge in [0.05, 0.1) is 12.1 Å². The van der Waals surface area contributed by atoms with Crippen molar-refractivity contribution in [1.29, 1.82) is 0 Å². The smallest absolute Gasteiger partial charge is 0.121 e. The Bertz CT molecular complexity index is 682. The van der Waals surface area contributed by atoms with Gasteiger partial charge in [-0.3, -0.25) is 0 Å². The SMILES string of the molecule is CCOc1ccc2c3ccccc3n(C)c2c1. The summed E-state index contributed by atoms with van der Waals surface area (Å²) in [6, 6.07) is 14.8. The lowest BCUT2D eigenvalue weighted by atomic mass is 10.1. The van der Waals surface area contributed by atoms with Gasteiger partial charge in [-0.1, -0.05) is 18.2 Å². The number of benzene rings is 2. The molecule has 0 saturated carbocycles. The number of hydrogen-bond acceptors (Lipinski definition) is 1. The highest BCUT2D eigenvalue weighted by molar-refractivity contribution is 6.08. The van der Waals surface area contributed by atoms with E-state index in [9.17, 15) is 0 Å². The average Bonchev–Trinajstić information content (AvgIpc) is 2.65. The second kappa shape index (κ2) is 3.81. The van der Waals surface area contributed by atoms with Gasteiger partial charge in [0.1, 0.15) is 5.75 Å². The normalized spacial score (nSPS) is 11.2. The number of para-hydroxylation sites is 1. The first-order valence-electron chi connectivity index (χ1n) is 5.91. The number of aryl methyl sites for hydroxylation is 1. The molecule has 0 aliphatic rings. The predicted octanol–water partition coefficient (Wildman–Crippen LogP) is 3.73. The quantitative estimate of drug-likeness (QED) is 0.648. The highest BCUT2D eigenvalue weighted by Crippen LogP contribution is 2.30. The largest absolute Gasteiger partial charge is 0.494 e. The van der Waals surface area contributed by atoms with Crippen molar-refractivity contribution in [2.75, 3.05) is 6.61 Å². The molecule has 0 unspecified atom stereocenters. The van der Waals surface area contributed by atoms with Crippen LogP contribution in [-0.2, 0) is 7.05 Å². The van der Waals surface area contributed by atoms with Crippen molar-refractivity contribution in [3.8, 4) is 5.75 Å². The van der Waals surface area contributed by atoms with E-state index < -0.39 is 0 Å². The Hall–Kier alpha value is -1.96. The number of rotatable bonds is 2. The molecule has 1 aromatic heterocycles. The van der Waals surface area contributed by atoms with E-state index in [1.54, 1.807) is 0 Å². The molecule has 0 amide bonds. The molecule has 0 spiro atoms. The Balaban J connectivity index is 2.36. The molecule has 0 bridgehead atoms. The maximum absolute atomic E-state index is 5.55. The van der Waals surface area contributed by atoms with Crippen molar-refractivity contribution in [1.82, 2.24) is 4.57 Å². The lowest BCUT2D eigenvalue weighted by Gasteiger charge is -2.03. The maximum atomic E-state index is 5.55. The van der Waals surface area contributed by atoms with Crippen molar-refractivity contribution in [2.45, 2.75) is 6.92 Å². The summed E-state index contributed by atoms with van der Waals surface area (Å²) in [7, 11) is 2.10. The standard InChI is InChI=1S/C15H15NO/c1-3-17-11-8-9-13-12-6-4-5-7-14(12)16(2)15(13)10-11/h4-10H,3H2,1-2H3. The third kappa shape index (κ3) is 1.48. The molecule has 0 N–H and O–H groups in total.